The summed E-state index contributed by atoms with van der Waals surface area (Å²) in [6.07, 6.45) is 0.746. The third kappa shape index (κ3) is 1.85. The molecule has 1 aliphatic carbocycles. The molecule has 0 spiro atoms. The van der Waals surface area contributed by atoms with Gasteiger partial charge >= 0.3 is 5.97 Å². The van der Waals surface area contributed by atoms with Crippen molar-refractivity contribution in [1.82, 2.24) is 5.32 Å². The summed E-state index contributed by atoms with van der Waals surface area (Å²) < 4.78 is 15.9. The summed E-state index contributed by atoms with van der Waals surface area (Å²) in [4.78, 5) is 11.9. The molecule has 102 valence electrons. The SMILES string of the molecule is CNC1(C(=O)OC)CC1c1ccc2c(c1)OCCO2. The van der Waals surface area contributed by atoms with E-state index < -0.39 is 5.54 Å². The molecule has 5 heteroatoms. The zero-order chi connectivity index (χ0) is 13.5. The summed E-state index contributed by atoms with van der Waals surface area (Å²) in [5.74, 6) is 1.44. The van der Waals surface area contributed by atoms with Crippen LogP contribution in [0.1, 0.15) is 17.9 Å². The highest BCUT2D eigenvalue weighted by Gasteiger charge is 2.61. The average Bonchev–Trinajstić information content (AvgIpc) is 3.22. The Morgan fingerprint density at radius 1 is 1.37 bits per heavy atom. The molecule has 0 saturated heterocycles. The first-order chi connectivity index (χ1) is 9.21. The predicted molar refractivity (Wildman–Crippen MR) is 68.6 cm³/mol. The molecule has 2 unspecified atom stereocenters. The number of benzene rings is 1. The lowest BCUT2D eigenvalue weighted by Crippen LogP contribution is -2.39. The van der Waals surface area contributed by atoms with Crippen LogP contribution in [-0.4, -0.2) is 38.9 Å². The Hall–Kier alpha value is -1.75. The van der Waals surface area contributed by atoms with Crippen LogP contribution < -0.4 is 14.8 Å². The first-order valence-corrected chi connectivity index (χ1v) is 6.38. The van der Waals surface area contributed by atoms with Crippen molar-refractivity contribution in [2.24, 2.45) is 0 Å². The number of likely N-dealkylation sites (N-methyl/N-ethyl adjacent to an activating group) is 1. The zero-order valence-corrected chi connectivity index (χ0v) is 11.1. The molecule has 0 radical (unpaired) electrons. The van der Waals surface area contributed by atoms with E-state index in [1.807, 2.05) is 18.2 Å². The third-order valence-corrected chi connectivity index (χ3v) is 3.93. The van der Waals surface area contributed by atoms with E-state index >= 15 is 0 Å². The standard InChI is InChI=1S/C14H17NO4/c1-15-14(13(16)17-2)8-10(14)9-3-4-11-12(7-9)19-6-5-18-11/h3-4,7,10,15H,5-6,8H2,1-2H3. The summed E-state index contributed by atoms with van der Waals surface area (Å²) in [5.41, 5.74) is 0.488. The second kappa shape index (κ2) is 4.42. The predicted octanol–water partition coefficient (Wildman–Crippen LogP) is 1.08. The molecule has 1 aromatic carbocycles. The summed E-state index contributed by atoms with van der Waals surface area (Å²) in [6, 6.07) is 5.85. The Balaban J connectivity index is 1.86. The number of carbonyl (C=O) groups excluding carboxylic acids is 1. The van der Waals surface area contributed by atoms with Crippen molar-refractivity contribution in [1.29, 1.82) is 0 Å². The largest absolute Gasteiger partial charge is 0.486 e. The number of hydrogen-bond donors (Lipinski definition) is 1. The molecule has 19 heavy (non-hydrogen) atoms. The molecule has 0 bridgehead atoms. The summed E-state index contributed by atoms with van der Waals surface area (Å²) >= 11 is 0. The van der Waals surface area contributed by atoms with E-state index in [2.05, 4.69) is 5.32 Å². The van der Waals surface area contributed by atoms with Crippen LogP contribution in [0.2, 0.25) is 0 Å². The summed E-state index contributed by atoms with van der Waals surface area (Å²) in [7, 11) is 3.20. The van der Waals surface area contributed by atoms with E-state index in [1.165, 1.54) is 7.11 Å². The minimum absolute atomic E-state index is 0.126. The van der Waals surface area contributed by atoms with Gasteiger partial charge in [0.1, 0.15) is 18.8 Å². The first-order valence-electron chi connectivity index (χ1n) is 6.38. The maximum atomic E-state index is 11.9. The molecule has 0 aromatic heterocycles. The molecule has 2 aliphatic rings. The van der Waals surface area contributed by atoms with Crippen LogP contribution in [0.5, 0.6) is 11.5 Å². The second-order valence-electron chi connectivity index (χ2n) is 4.87. The number of nitrogens with one attached hydrogen (secondary N) is 1. The van der Waals surface area contributed by atoms with Crippen LogP contribution in [0.4, 0.5) is 0 Å². The average molecular weight is 263 g/mol. The molecule has 2 atom stereocenters. The van der Waals surface area contributed by atoms with Gasteiger partial charge in [0.05, 0.1) is 7.11 Å². The van der Waals surface area contributed by atoms with Crippen LogP contribution in [0.15, 0.2) is 18.2 Å². The molecular weight excluding hydrogens is 246 g/mol. The van der Waals surface area contributed by atoms with E-state index in [9.17, 15) is 4.79 Å². The Morgan fingerprint density at radius 2 is 2.11 bits per heavy atom. The normalized spacial score (nSPS) is 27.8. The van der Waals surface area contributed by atoms with Gasteiger partial charge in [-0.15, -0.1) is 0 Å². The molecule has 1 saturated carbocycles. The minimum Gasteiger partial charge on any atom is -0.486 e. The fourth-order valence-corrected chi connectivity index (χ4v) is 2.73. The van der Waals surface area contributed by atoms with Crippen molar-refractivity contribution in [3.63, 3.8) is 0 Å². The highest BCUT2D eigenvalue weighted by atomic mass is 16.6. The van der Waals surface area contributed by atoms with Gasteiger partial charge in [-0.1, -0.05) is 6.07 Å². The van der Waals surface area contributed by atoms with Crippen molar-refractivity contribution < 1.29 is 19.0 Å². The lowest BCUT2D eigenvalue weighted by atomic mass is 10.1. The summed E-state index contributed by atoms with van der Waals surface area (Å²) in [5, 5.41) is 3.09. The Labute approximate surface area is 111 Å². The minimum atomic E-state index is -0.585. The van der Waals surface area contributed by atoms with Gasteiger partial charge in [0.25, 0.3) is 0 Å². The van der Waals surface area contributed by atoms with Gasteiger partial charge in [0.15, 0.2) is 11.5 Å². The molecule has 1 aromatic rings. The number of carbonyl (C=O) groups is 1. The maximum Gasteiger partial charge on any atom is 0.326 e. The van der Waals surface area contributed by atoms with E-state index in [1.54, 1.807) is 7.05 Å². The molecule has 5 nitrogen and oxygen atoms in total. The van der Waals surface area contributed by atoms with Crippen molar-refractivity contribution in [2.45, 2.75) is 17.9 Å². The topological polar surface area (TPSA) is 56.8 Å². The number of esters is 1. The van der Waals surface area contributed by atoms with Crippen LogP contribution >= 0.6 is 0 Å². The second-order valence-corrected chi connectivity index (χ2v) is 4.87. The van der Waals surface area contributed by atoms with E-state index in [0.717, 1.165) is 23.5 Å². The lowest BCUT2D eigenvalue weighted by molar-refractivity contribution is -0.144. The van der Waals surface area contributed by atoms with Crippen molar-refractivity contribution >= 4 is 5.97 Å². The summed E-state index contributed by atoms with van der Waals surface area (Å²) in [6.45, 7) is 1.15. The fourth-order valence-electron chi connectivity index (χ4n) is 2.73. The lowest BCUT2D eigenvalue weighted by Gasteiger charge is -2.19. The van der Waals surface area contributed by atoms with Crippen molar-refractivity contribution in [3.05, 3.63) is 23.8 Å². The molecular formula is C14H17NO4. The van der Waals surface area contributed by atoms with Gasteiger partial charge in [-0.25, -0.2) is 0 Å². The van der Waals surface area contributed by atoms with Gasteiger partial charge in [-0.2, -0.15) is 0 Å². The number of rotatable bonds is 3. The van der Waals surface area contributed by atoms with E-state index in [0.29, 0.717) is 13.2 Å². The Morgan fingerprint density at radius 3 is 2.79 bits per heavy atom. The number of hydrogen-bond acceptors (Lipinski definition) is 5. The highest BCUT2D eigenvalue weighted by Crippen LogP contribution is 2.53. The smallest absolute Gasteiger partial charge is 0.326 e. The Bertz CT molecular complexity index is 516. The molecule has 1 heterocycles. The monoisotopic (exact) mass is 263 g/mol. The third-order valence-electron chi connectivity index (χ3n) is 3.93. The first kappa shape index (κ1) is 12.3. The van der Waals surface area contributed by atoms with Crippen molar-refractivity contribution in [3.8, 4) is 11.5 Å². The number of fused-ring (bicyclic) bond motifs is 1. The quantitative estimate of drug-likeness (QED) is 0.827. The van der Waals surface area contributed by atoms with Gasteiger partial charge in [-0.05, 0) is 31.2 Å². The molecule has 1 N–H and O–H groups in total. The van der Waals surface area contributed by atoms with Crippen LogP contribution in [-0.2, 0) is 9.53 Å². The zero-order valence-electron chi connectivity index (χ0n) is 11.1. The van der Waals surface area contributed by atoms with Crippen LogP contribution in [0.3, 0.4) is 0 Å². The van der Waals surface area contributed by atoms with Gasteiger partial charge in [-0.3, -0.25) is 4.79 Å². The molecule has 1 fully saturated rings. The van der Waals surface area contributed by atoms with Gasteiger partial charge < -0.3 is 19.5 Å². The molecule has 3 rings (SSSR count). The number of methoxy groups -OCH3 is 1. The molecule has 1 aliphatic heterocycles. The fraction of sp³-hybridized carbons (Fsp3) is 0.500. The van der Waals surface area contributed by atoms with Crippen LogP contribution in [0, 0.1) is 0 Å². The highest BCUT2D eigenvalue weighted by molar-refractivity contribution is 5.87. The van der Waals surface area contributed by atoms with E-state index in [4.69, 9.17) is 14.2 Å². The number of ether oxygens (including phenoxy) is 3. The maximum absolute atomic E-state index is 11.9. The Kier molecular flexibility index (Phi) is 2.86. The van der Waals surface area contributed by atoms with E-state index in [-0.39, 0.29) is 11.9 Å². The van der Waals surface area contributed by atoms with Gasteiger partial charge in [0, 0.05) is 5.92 Å². The van der Waals surface area contributed by atoms with Crippen LogP contribution in [0.25, 0.3) is 0 Å². The molecule has 0 amide bonds. The van der Waals surface area contributed by atoms with Crippen molar-refractivity contribution in [2.75, 3.05) is 27.4 Å². The van der Waals surface area contributed by atoms with Gasteiger partial charge in [0.2, 0.25) is 0 Å².